The van der Waals surface area contributed by atoms with Crippen molar-refractivity contribution in [2.75, 3.05) is 23.7 Å². The van der Waals surface area contributed by atoms with Gasteiger partial charge < -0.3 is 49.2 Å². The molecule has 5 fully saturated rings. The van der Waals surface area contributed by atoms with E-state index in [1.54, 1.807) is 0 Å². The number of aromatic nitrogens is 6. The summed E-state index contributed by atoms with van der Waals surface area (Å²) in [5.41, 5.74) is 10.2. The topological polar surface area (TPSA) is 215 Å². The van der Waals surface area contributed by atoms with E-state index in [1.165, 1.54) is 12.8 Å². The first-order valence-corrected chi connectivity index (χ1v) is 25.2. The highest BCUT2D eigenvalue weighted by Crippen LogP contribution is 2.42. The van der Waals surface area contributed by atoms with Crippen LogP contribution < -0.4 is 36.2 Å². The Morgan fingerprint density at radius 3 is 1.67 bits per heavy atom. The van der Waals surface area contributed by atoms with Crippen molar-refractivity contribution in [2.24, 2.45) is 11.8 Å². The van der Waals surface area contributed by atoms with Gasteiger partial charge in [0.25, 0.3) is 0 Å². The molecule has 19 heteroatoms. The number of benzene rings is 2. The first kappa shape index (κ1) is 47.5. The van der Waals surface area contributed by atoms with Crippen LogP contribution in [-0.4, -0.2) is 96.3 Å². The molecule has 2 saturated carbocycles. The number of nitrogens with one attached hydrogen (secondary N) is 4. The van der Waals surface area contributed by atoms with Gasteiger partial charge in [0.15, 0.2) is 0 Å². The van der Waals surface area contributed by atoms with Gasteiger partial charge in [-0.25, -0.2) is 19.9 Å². The second-order valence-corrected chi connectivity index (χ2v) is 21.4. The largest absolute Gasteiger partial charge is 0.494 e. The highest BCUT2D eigenvalue weighted by molar-refractivity contribution is 6.62. The van der Waals surface area contributed by atoms with Crippen molar-refractivity contribution in [1.82, 2.24) is 39.7 Å². The number of carbonyl (C=O) groups excluding carboxylic acids is 4. The van der Waals surface area contributed by atoms with Crippen molar-refractivity contribution in [3.05, 3.63) is 78.0 Å². The molecule has 2 aromatic carbocycles. The average Bonchev–Trinajstić information content (AvgIpc) is 3.86. The molecule has 4 N–H and O–H groups in total. The van der Waals surface area contributed by atoms with E-state index in [0.717, 1.165) is 79.8 Å². The lowest BCUT2D eigenvalue weighted by Crippen LogP contribution is -2.41. The Hall–Kier alpha value is -6.86. The molecule has 2 aliphatic carbocycles. The monoisotopic (exact) mass is 976 g/mol. The number of anilines is 2. The molecule has 5 aliphatic heterocycles. The molecule has 9 heterocycles. The maximum Gasteiger partial charge on any atom is 0.494 e. The maximum atomic E-state index is 11.7. The first-order valence-electron chi connectivity index (χ1n) is 25.2. The van der Waals surface area contributed by atoms with E-state index in [4.69, 9.17) is 23.8 Å². The molecule has 0 unspecified atom stereocenters. The number of nitrogens with zero attached hydrogens (tertiary/aromatic N) is 6. The fourth-order valence-electron chi connectivity index (χ4n) is 9.94. The molecule has 4 aromatic heterocycles. The molecule has 4 amide bonds. The van der Waals surface area contributed by atoms with E-state index in [1.807, 2.05) is 110 Å². The van der Waals surface area contributed by atoms with Crippen molar-refractivity contribution >= 4 is 69.7 Å². The number of hydrogen-bond acceptors (Lipinski definition) is 12. The molecule has 0 spiro atoms. The highest BCUT2D eigenvalue weighted by atomic mass is 16.7. The smallest absolute Gasteiger partial charge is 0.473 e. The second-order valence-electron chi connectivity index (χ2n) is 21.4. The zero-order chi connectivity index (χ0) is 50.2. The van der Waals surface area contributed by atoms with Crippen LogP contribution in [0.1, 0.15) is 109 Å². The molecular formula is C53H61BN10O8. The van der Waals surface area contributed by atoms with Crippen LogP contribution in [0.3, 0.4) is 0 Å². The number of fused-ring (bicyclic) bond motifs is 4. The summed E-state index contributed by atoms with van der Waals surface area (Å²) in [6.07, 6.45) is 10.1. The molecular weight excluding hydrogens is 915 g/mol. The standard InChI is InChI=1S/C23H23N5O3.C16H20N4O2.C14H18BNO3/c1-12(15-8-20(29)24-10-15)31-23-22-19(25-11-28(22)16-4-5-16)9-18(27-23)13-2-3-14-7-21(30)26-17(14)6-13;1-9-5-13-15(20(8-18-13)12-3-4-12)16(19-9)22-10(2)11-6-14(21)17-7-11;1-13(2)14(3,4)19-15(18-13)10-6-5-9-7-12(17)16-11(9)8-10/h2-3,6,9,11-12,15-16H,4-5,7-8,10H2,1H3,(H,24,29)(H,26,30);5,8,10-12H,3-4,6-7H2,1-2H3,(H,17,21);5-6,8H,7H2,1-4H3,(H,16,17)/t12-,15-;10-,11-;/m11./s1. The van der Waals surface area contributed by atoms with Crippen molar-refractivity contribution in [1.29, 1.82) is 0 Å². The summed E-state index contributed by atoms with van der Waals surface area (Å²) >= 11 is 0. The summed E-state index contributed by atoms with van der Waals surface area (Å²) in [6.45, 7) is 15.4. The molecule has 374 valence electrons. The van der Waals surface area contributed by atoms with Gasteiger partial charge in [0, 0.05) is 72.5 Å². The Kier molecular flexibility index (Phi) is 12.1. The number of ether oxygens (including phenoxy) is 2. The van der Waals surface area contributed by atoms with Crippen LogP contribution in [0.25, 0.3) is 33.3 Å². The number of rotatable bonds is 10. The van der Waals surface area contributed by atoms with Crippen LogP contribution in [-0.2, 0) is 41.3 Å². The van der Waals surface area contributed by atoms with Crippen LogP contribution in [0.15, 0.2) is 61.2 Å². The predicted molar refractivity (Wildman–Crippen MR) is 271 cm³/mol. The third-order valence-electron chi connectivity index (χ3n) is 15.3. The van der Waals surface area contributed by atoms with Crippen molar-refractivity contribution in [2.45, 2.75) is 135 Å². The Balaban J connectivity index is 0.000000121. The molecule has 13 rings (SSSR count). The summed E-state index contributed by atoms with van der Waals surface area (Å²) < 4.78 is 28.9. The highest BCUT2D eigenvalue weighted by Gasteiger charge is 2.52. The normalized spacial score (nSPS) is 22.2. The van der Waals surface area contributed by atoms with Crippen LogP contribution in [0.5, 0.6) is 11.8 Å². The van der Waals surface area contributed by atoms with Gasteiger partial charge >= 0.3 is 7.12 Å². The molecule has 0 bridgehead atoms. The molecule has 6 aromatic rings. The Morgan fingerprint density at radius 1 is 0.653 bits per heavy atom. The third-order valence-corrected chi connectivity index (χ3v) is 15.3. The third kappa shape index (κ3) is 9.51. The average molecular weight is 977 g/mol. The fourth-order valence-corrected chi connectivity index (χ4v) is 9.94. The number of imidazole rings is 2. The van der Waals surface area contributed by atoms with Gasteiger partial charge in [-0.3, -0.25) is 19.2 Å². The molecule has 0 radical (unpaired) electrons. The maximum absolute atomic E-state index is 11.7. The molecule has 18 nitrogen and oxygen atoms in total. The predicted octanol–water partition coefficient (Wildman–Crippen LogP) is 6.29. The second kappa shape index (κ2) is 18.3. The Labute approximate surface area is 417 Å². The number of amides is 4. The van der Waals surface area contributed by atoms with Crippen LogP contribution >= 0.6 is 0 Å². The Bertz CT molecular complexity index is 3140. The van der Waals surface area contributed by atoms with Crippen molar-refractivity contribution < 1.29 is 38.0 Å². The minimum Gasteiger partial charge on any atom is -0.473 e. The van der Waals surface area contributed by atoms with Gasteiger partial charge in [-0.1, -0.05) is 24.3 Å². The van der Waals surface area contributed by atoms with Gasteiger partial charge in [0.1, 0.15) is 23.2 Å². The molecule has 4 atom stereocenters. The number of carbonyl (C=O) groups is 4. The zero-order valence-corrected chi connectivity index (χ0v) is 41.8. The van der Waals surface area contributed by atoms with E-state index >= 15 is 0 Å². The van der Waals surface area contributed by atoms with Gasteiger partial charge in [0.05, 0.1) is 53.4 Å². The quantitative estimate of drug-likeness (QED) is 0.112. The lowest BCUT2D eigenvalue weighted by atomic mass is 9.78. The molecule has 7 aliphatic rings. The SMILES string of the molecule is CC1(C)OB(c2ccc3c(c2)NC(=O)C3)OC1(C)C.C[C@@H](Oc1nc(-c2ccc3c(c2)NC(=O)C3)cc2ncn(C3CC3)c12)[C@H]1CNC(=O)C1.Cc1cc2ncn(C3CC3)c2c(O[C@H](C)[C@H]2CNC(=O)C2)n1. The van der Waals surface area contributed by atoms with Gasteiger partial charge in [-0.05, 0) is 115 Å². The van der Waals surface area contributed by atoms with Gasteiger partial charge in [0.2, 0.25) is 35.4 Å². The lowest BCUT2D eigenvalue weighted by molar-refractivity contribution is -0.120. The minimum atomic E-state index is -0.382. The van der Waals surface area contributed by atoms with E-state index in [-0.39, 0.29) is 66.0 Å². The van der Waals surface area contributed by atoms with Gasteiger partial charge in [-0.2, -0.15) is 0 Å². The zero-order valence-electron chi connectivity index (χ0n) is 41.8. The first-order chi connectivity index (χ1) is 34.4. The van der Waals surface area contributed by atoms with Crippen LogP contribution in [0, 0.1) is 18.8 Å². The molecule has 72 heavy (non-hydrogen) atoms. The van der Waals surface area contributed by atoms with E-state index < -0.39 is 0 Å². The van der Waals surface area contributed by atoms with Crippen molar-refractivity contribution in [3.63, 3.8) is 0 Å². The van der Waals surface area contributed by atoms with E-state index in [9.17, 15) is 19.2 Å². The number of hydrogen-bond donors (Lipinski definition) is 4. The van der Waals surface area contributed by atoms with Crippen LogP contribution in [0.4, 0.5) is 11.4 Å². The van der Waals surface area contributed by atoms with E-state index in [0.29, 0.717) is 62.6 Å². The summed E-state index contributed by atoms with van der Waals surface area (Å²) in [5, 5.41) is 11.5. The summed E-state index contributed by atoms with van der Waals surface area (Å²) in [6, 6.07) is 16.7. The van der Waals surface area contributed by atoms with E-state index in [2.05, 4.69) is 45.4 Å². The fraction of sp³-hybridized carbons (Fsp3) is 0.472. The lowest BCUT2D eigenvalue weighted by Gasteiger charge is -2.32. The number of pyridine rings is 2. The molecule has 3 saturated heterocycles. The minimum absolute atomic E-state index is 0.0105. The summed E-state index contributed by atoms with van der Waals surface area (Å²) in [4.78, 5) is 64.8. The van der Waals surface area contributed by atoms with Crippen LogP contribution in [0.2, 0.25) is 0 Å². The van der Waals surface area contributed by atoms with Crippen molar-refractivity contribution in [3.8, 4) is 23.0 Å². The van der Waals surface area contributed by atoms with Gasteiger partial charge in [-0.15, -0.1) is 0 Å². The number of aryl methyl sites for hydroxylation is 1. The summed E-state index contributed by atoms with van der Waals surface area (Å²) in [5.74, 6) is 1.72. The Morgan fingerprint density at radius 2 is 1.15 bits per heavy atom. The summed E-state index contributed by atoms with van der Waals surface area (Å²) in [7, 11) is -0.382.